The van der Waals surface area contributed by atoms with E-state index in [-0.39, 0.29) is 22.6 Å². The highest BCUT2D eigenvalue weighted by atomic mass is 19.4. The number of hydrogen-bond acceptors (Lipinski definition) is 5. The number of aryl methyl sites for hydroxylation is 1. The van der Waals surface area contributed by atoms with E-state index in [1.807, 2.05) is 0 Å². The van der Waals surface area contributed by atoms with Gasteiger partial charge >= 0.3 is 6.18 Å². The van der Waals surface area contributed by atoms with Gasteiger partial charge in [0, 0.05) is 6.42 Å². The summed E-state index contributed by atoms with van der Waals surface area (Å²) in [6.07, 6.45) is -3.76. The second kappa shape index (κ2) is 9.44. The van der Waals surface area contributed by atoms with Gasteiger partial charge in [0.1, 0.15) is 0 Å². The average molecular weight is 487 g/mol. The fourth-order valence-corrected chi connectivity index (χ4v) is 3.94. The molecule has 0 spiro atoms. The van der Waals surface area contributed by atoms with Gasteiger partial charge in [-0.05, 0) is 56.7 Å². The SMILES string of the molecule is Cc1nn(-c2cccc(C(F)(F)F)c2)c(C)c1C(=O)C(=O)NC(C)c1ccc2c(c1)OCCCO2. The molecule has 0 saturated heterocycles. The van der Waals surface area contributed by atoms with Crippen LogP contribution in [0, 0.1) is 13.8 Å². The van der Waals surface area contributed by atoms with Gasteiger partial charge in [0.2, 0.25) is 0 Å². The molecule has 10 heteroatoms. The zero-order valence-electron chi connectivity index (χ0n) is 19.4. The molecule has 0 saturated carbocycles. The second-order valence-electron chi connectivity index (χ2n) is 8.29. The third-order valence-electron chi connectivity index (χ3n) is 5.76. The lowest BCUT2D eigenvalue weighted by atomic mass is 10.1. The quantitative estimate of drug-likeness (QED) is 0.416. The molecule has 0 bridgehead atoms. The number of hydrogen-bond donors (Lipinski definition) is 1. The maximum atomic E-state index is 13.1. The molecule has 0 aliphatic carbocycles. The van der Waals surface area contributed by atoms with Crippen LogP contribution in [-0.2, 0) is 11.0 Å². The maximum absolute atomic E-state index is 13.1. The summed E-state index contributed by atoms with van der Waals surface area (Å²) >= 11 is 0. The minimum absolute atomic E-state index is 0.0470. The number of amides is 1. The van der Waals surface area contributed by atoms with Crippen LogP contribution in [0.1, 0.15) is 52.3 Å². The van der Waals surface area contributed by atoms with E-state index >= 15 is 0 Å². The molecule has 35 heavy (non-hydrogen) atoms. The van der Waals surface area contributed by atoms with Crippen molar-refractivity contribution in [3.8, 4) is 17.2 Å². The van der Waals surface area contributed by atoms with Crippen molar-refractivity contribution in [3.05, 3.63) is 70.5 Å². The van der Waals surface area contributed by atoms with E-state index in [0.717, 1.165) is 24.1 Å². The van der Waals surface area contributed by atoms with E-state index in [0.29, 0.717) is 24.7 Å². The Bertz CT molecular complexity index is 1280. The molecule has 3 aromatic rings. The second-order valence-corrected chi connectivity index (χ2v) is 8.29. The molecule has 1 aromatic heterocycles. The summed E-state index contributed by atoms with van der Waals surface area (Å²) in [4.78, 5) is 25.8. The Morgan fingerprint density at radius 3 is 2.49 bits per heavy atom. The van der Waals surface area contributed by atoms with Gasteiger partial charge in [-0.15, -0.1) is 0 Å². The Labute approximate surface area is 199 Å². The highest BCUT2D eigenvalue weighted by Gasteiger charge is 2.31. The largest absolute Gasteiger partial charge is 0.490 e. The molecule has 1 N–H and O–H groups in total. The number of halogens is 3. The monoisotopic (exact) mass is 487 g/mol. The lowest BCUT2D eigenvalue weighted by molar-refractivity contribution is -0.137. The summed E-state index contributed by atoms with van der Waals surface area (Å²) in [5.41, 5.74) is 0.584. The molecule has 1 amide bonds. The van der Waals surface area contributed by atoms with E-state index in [9.17, 15) is 22.8 Å². The molecule has 1 unspecified atom stereocenters. The average Bonchev–Trinajstić information content (AvgIpc) is 2.97. The smallest absolute Gasteiger partial charge is 0.416 e. The van der Waals surface area contributed by atoms with Crippen molar-refractivity contribution < 1.29 is 32.2 Å². The molecule has 184 valence electrons. The van der Waals surface area contributed by atoms with Gasteiger partial charge in [-0.2, -0.15) is 18.3 Å². The predicted molar refractivity (Wildman–Crippen MR) is 121 cm³/mol. The molecule has 2 aromatic carbocycles. The van der Waals surface area contributed by atoms with Gasteiger partial charge < -0.3 is 14.8 Å². The highest BCUT2D eigenvalue weighted by molar-refractivity contribution is 6.43. The van der Waals surface area contributed by atoms with Gasteiger partial charge in [0.15, 0.2) is 11.5 Å². The molecule has 0 fully saturated rings. The molecule has 1 atom stereocenters. The Morgan fingerprint density at radius 1 is 1.06 bits per heavy atom. The Kier molecular flexibility index (Phi) is 6.56. The van der Waals surface area contributed by atoms with E-state index in [1.165, 1.54) is 30.7 Å². The van der Waals surface area contributed by atoms with Crippen molar-refractivity contribution in [1.29, 1.82) is 0 Å². The number of Topliss-reactive ketones (excluding diaryl/α,β-unsaturated/α-hetero) is 1. The summed E-state index contributed by atoms with van der Waals surface area (Å²) in [6.45, 7) is 5.87. The van der Waals surface area contributed by atoms with Crippen molar-refractivity contribution in [2.24, 2.45) is 0 Å². The lowest BCUT2D eigenvalue weighted by Crippen LogP contribution is -2.33. The molecule has 0 radical (unpaired) electrons. The Morgan fingerprint density at radius 2 is 1.77 bits per heavy atom. The third kappa shape index (κ3) is 5.01. The van der Waals surface area contributed by atoms with Crippen LogP contribution in [-0.4, -0.2) is 34.7 Å². The minimum atomic E-state index is -4.52. The van der Waals surface area contributed by atoms with Crippen molar-refractivity contribution in [2.45, 2.75) is 39.4 Å². The van der Waals surface area contributed by atoms with E-state index < -0.39 is 29.5 Å². The zero-order valence-corrected chi connectivity index (χ0v) is 19.4. The molecular weight excluding hydrogens is 463 g/mol. The van der Waals surface area contributed by atoms with E-state index in [4.69, 9.17) is 9.47 Å². The van der Waals surface area contributed by atoms with Gasteiger partial charge in [-0.25, -0.2) is 4.68 Å². The first kappa shape index (κ1) is 24.3. The normalized spacial score (nSPS) is 14.2. The summed E-state index contributed by atoms with van der Waals surface area (Å²) < 4.78 is 51.9. The number of alkyl halides is 3. The fourth-order valence-electron chi connectivity index (χ4n) is 3.94. The Balaban J connectivity index is 1.55. The summed E-state index contributed by atoms with van der Waals surface area (Å²) in [6, 6.07) is 9.41. The standard InChI is InChI=1S/C25H24F3N3O4/c1-14(17-8-9-20-21(12-17)35-11-5-10-34-20)29-24(33)23(32)22-15(2)30-31(16(22)3)19-7-4-6-18(13-19)25(26,27)28/h4,6-9,12-14H,5,10-11H2,1-3H3,(H,29,33). The van der Waals surface area contributed by atoms with Crippen LogP contribution in [0.15, 0.2) is 42.5 Å². The van der Waals surface area contributed by atoms with Gasteiger partial charge in [-0.3, -0.25) is 9.59 Å². The Hall–Kier alpha value is -3.82. The van der Waals surface area contributed by atoms with Gasteiger partial charge in [0.25, 0.3) is 11.7 Å². The van der Waals surface area contributed by atoms with Crippen LogP contribution < -0.4 is 14.8 Å². The number of rotatable bonds is 5. The van der Waals surface area contributed by atoms with E-state index in [1.54, 1.807) is 25.1 Å². The first-order chi connectivity index (χ1) is 16.6. The van der Waals surface area contributed by atoms with Crippen molar-refractivity contribution in [3.63, 3.8) is 0 Å². The van der Waals surface area contributed by atoms with Gasteiger partial charge in [0.05, 0.1) is 47.5 Å². The number of ether oxygens (including phenoxy) is 2. The molecule has 1 aliphatic heterocycles. The first-order valence-electron chi connectivity index (χ1n) is 11.0. The number of nitrogens with zero attached hydrogens (tertiary/aromatic N) is 2. The number of aromatic nitrogens is 2. The van der Waals surface area contributed by atoms with Crippen LogP contribution in [0.25, 0.3) is 5.69 Å². The topological polar surface area (TPSA) is 82.5 Å². The number of fused-ring (bicyclic) bond motifs is 1. The molecule has 4 rings (SSSR count). The van der Waals surface area contributed by atoms with Crippen LogP contribution >= 0.6 is 0 Å². The molecular formula is C25H24F3N3O4. The van der Waals surface area contributed by atoms with E-state index in [2.05, 4.69) is 10.4 Å². The number of benzene rings is 2. The summed E-state index contributed by atoms with van der Waals surface area (Å²) in [7, 11) is 0. The number of carbonyl (C=O) groups is 2. The van der Waals surface area contributed by atoms with Crippen LogP contribution in [0.5, 0.6) is 11.5 Å². The maximum Gasteiger partial charge on any atom is 0.416 e. The first-order valence-corrected chi connectivity index (χ1v) is 11.0. The van der Waals surface area contributed by atoms with Crippen LogP contribution in [0.3, 0.4) is 0 Å². The minimum Gasteiger partial charge on any atom is -0.490 e. The van der Waals surface area contributed by atoms with Crippen molar-refractivity contribution in [2.75, 3.05) is 13.2 Å². The number of nitrogens with one attached hydrogen (secondary N) is 1. The van der Waals surface area contributed by atoms with Gasteiger partial charge in [-0.1, -0.05) is 12.1 Å². The highest BCUT2D eigenvalue weighted by Crippen LogP contribution is 2.33. The number of ketones is 1. The fraction of sp³-hybridized carbons (Fsp3) is 0.320. The lowest BCUT2D eigenvalue weighted by Gasteiger charge is -2.16. The van der Waals surface area contributed by atoms with Crippen molar-refractivity contribution >= 4 is 11.7 Å². The molecule has 1 aliphatic rings. The molecule has 7 nitrogen and oxygen atoms in total. The zero-order chi connectivity index (χ0) is 25.3. The summed E-state index contributed by atoms with van der Waals surface area (Å²) in [5, 5.41) is 6.90. The summed E-state index contributed by atoms with van der Waals surface area (Å²) in [5.74, 6) is -0.477. The molecule has 2 heterocycles. The number of carbonyl (C=O) groups excluding carboxylic acids is 2. The van der Waals surface area contributed by atoms with Crippen molar-refractivity contribution in [1.82, 2.24) is 15.1 Å². The van der Waals surface area contributed by atoms with Crippen LogP contribution in [0.4, 0.5) is 13.2 Å². The van der Waals surface area contributed by atoms with Crippen LogP contribution in [0.2, 0.25) is 0 Å². The predicted octanol–water partition coefficient (Wildman–Crippen LogP) is 4.73. The third-order valence-corrected chi connectivity index (χ3v) is 5.76.